The molecule has 0 fully saturated rings. The van der Waals surface area contributed by atoms with Crippen LogP contribution in [0.4, 0.5) is 5.69 Å². The lowest BCUT2D eigenvalue weighted by Crippen LogP contribution is -2.14. The maximum Gasteiger partial charge on any atom is 0.259 e. The van der Waals surface area contributed by atoms with E-state index >= 15 is 0 Å². The number of aromatic nitrogens is 2. The first-order valence-corrected chi connectivity index (χ1v) is 5.71. The van der Waals surface area contributed by atoms with Gasteiger partial charge >= 0.3 is 0 Å². The molecule has 1 aliphatic rings. The molecule has 0 radical (unpaired) electrons. The van der Waals surface area contributed by atoms with Gasteiger partial charge in [0, 0.05) is 18.0 Å². The van der Waals surface area contributed by atoms with Crippen molar-refractivity contribution in [3.63, 3.8) is 0 Å². The number of hydrogen-bond donors (Lipinski definition) is 1. The number of carbonyl (C=O) groups is 1. The van der Waals surface area contributed by atoms with Gasteiger partial charge in [-0.1, -0.05) is 0 Å². The van der Waals surface area contributed by atoms with Gasteiger partial charge in [-0.15, -0.1) is 0 Å². The Morgan fingerprint density at radius 2 is 2.16 bits per heavy atom. The quantitative estimate of drug-likeness (QED) is 0.887. The van der Waals surface area contributed by atoms with Gasteiger partial charge in [0.2, 0.25) is 6.79 Å². The number of amides is 1. The highest BCUT2D eigenvalue weighted by atomic mass is 16.7. The minimum Gasteiger partial charge on any atom is -0.454 e. The Labute approximate surface area is 109 Å². The zero-order valence-electron chi connectivity index (χ0n) is 10.2. The molecule has 0 atom stereocenters. The molecule has 1 aliphatic heterocycles. The smallest absolute Gasteiger partial charge is 0.259 e. The van der Waals surface area contributed by atoms with Crippen LogP contribution >= 0.6 is 0 Å². The summed E-state index contributed by atoms with van der Waals surface area (Å²) >= 11 is 0. The van der Waals surface area contributed by atoms with Crippen LogP contribution < -0.4 is 14.8 Å². The monoisotopic (exact) mass is 257 g/mol. The summed E-state index contributed by atoms with van der Waals surface area (Å²) in [6.07, 6.45) is 2.90. The van der Waals surface area contributed by atoms with Crippen LogP contribution in [0.5, 0.6) is 11.5 Å². The van der Waals surface area contributed by atoms with Crippen LogP contribution in [0.15, 0.2) is 30.7 Å². The maximum atomic E-state index is 12.1. The lowest BCUT2D eigenvalue weighted by molar-refractivity contribution is 0.102. The molecule has 2 heterocycles. The summed E-state index contributed by atoms with van der Waals surface area (Å²) < 4.78 is 10.5. The highest BCUT2D eigenvalue weighted by molar-refractivity contribution is 6.04. The molecule has 1 N–H and O–H groups in total. The van der Waals surface area contributed by atoms with E-state index in [0.29, 0.717) is 28.4 Å². The summed E-state index contributed by atoms with van der Waals surface area (Å²) in [6.45, 7) is 1.97. The van der Waals surface area contributed by atoms with E-state index < -0.39 is 0 Å². The maximum absolute atomic E-state index is 12.1. The molecule has 1 aromatic carbocycles. The second kappa shape index (κ2) is 4.56. The predicted octanol–water partition coefficient (Wildman–Crippen LogP) is 1.77. The Hall–Kier alpha value is -2.63. The van der Waals surface area contributed by atoms with E-state index in [2.05, 4.69) is 15.3 Å². The first-order valence-electron chi connectivity index (χ1n) is 5.71. The zero-order chi connectivity index (χ0) is 13.2. The standard InChI is InChI=1S/C13H11N3O3/c1-8-10(5-14-6-15-8)13(17)16-9-2-3-11-12(4-9)19-7-18-11/h2-6H,7H2,1H3,(H,16,17). The molecule has 0 saturated carbocycles. The molecule has 3 rings (SSSR count). The van der Waals surface area contributed by atoms with Gasteiger partial charge in [0.05, 0.1) is 11.3 Å². The van der Waals surface area contributed by atoms with Gasteiger partial charge in [-0.05, 0) is 19.1 Å². The highest BCUT2D eigenvalue weighted by Crippen LogP contribution is 2.34. The Kier molecular flexibility index (Phi) is 2.75. The van der Waals surface area contributed by atoms with Crippen molar-refractivity contribution in [1.82, 2.24) is 9.97 Å². The van der Waals surface area contributed by atoms with Crippen LogP contribution in [-0.4, -0.2) is 22.7 Å². The van der Waals surface area contributed by atoms with Crippen molar-refractivity contribution in [2.24, 2.45) is 0 Å². The summed E-state index contributed by atoms with van der Waals surface area (Å²) in [4.78, 5) is 19.9. The van der Waals surface area contributed by atoms with Crippen molar-refractivity contribution >= 4 is 11.6 Å². The summed E-state index contributed by atoms with van der Waals surface area (Å²) in [5, 5.41) is 2.77. The van der Waals surface area contributed by atoms with Crippen molar-refractivity contribution in [2.45, 2.75) is 6.92 Å². The number of benzene rings is 1. The first-order chi connectivity index (χ1) is 9.24. The number of aryl methyl sites for hydroxylation is 1. The highest BCUT2D eigenvalue weighted by Gasteiger charge is 2.15. The largest absolute Gasteiger partial charge is 0.454 e. The van der Waals surface area contributed by atoms with Crippen LogP contribution in [0, 0.1) is 6.92 Å². The van der Waals surface area contributed by atoms with Gasteiger partial charge in [0.25, 0.3) is 5.91 Å². The fourth-order valence-electron chi connectivity index (χ4n) is 1.79. The summed E-state index contributed by atoms with van der Waals surface area (Å²) in [7, 11) is 0. The molecule has 0 aliphatic carbocycles. The van der Waals surface area contributed by atoms with Crippen LogP contribution in [0.2, 0.25) is 0 Å². The molecule has 1 amide bonds. The summed E-state index contributed by atoms with van der Waals surface area (Å²) in [5.74, 6) is 1.05. The van der Waals surface area contributed by atoms with Crippen LogP contribution in [0.3, 0.4) is 0 Å². The number of fused-ring (bicyclic) bond motifs is 1. The SMILES string of the molecule is Cc1ncncc1C(=O)Nc1ccc2c(c1)OCO2. The Morgan fingerprint density at radius 3 is 3.00 bits per heavy atom. The van der Waals surface area contributed by atoms with E-state index in [9.17, 15) is 4.79 Å². The average Bonchev–Trinajstić information content (AvgIpc) is 2.86. The molecule has 96 valence electrons. The average molecular weight is 257 g/mol. The number of ether oxygens (including phenoxy) is 2. The second-order valence-electron chi connectivity index (χ2n) is 4.04. The number of rotatable bonds is 2. The van der Waals surface area contributed by atoms with Crippen molar-refractivity contribution in [3.05, 3.63) is 42.0 Å². The zero-order valence-corrected chi connectivity index (χ0v) is 10.2. The third-order valence-corrected chi connectivity index (χ3v) is 2.79. The Morgan fingerprint density at radius 1 is 1.32 bits per heavy atom. The third-order valence-electron chi connectivity index (χ3n) is 2.79. The first kappa shape index (κ1) is 11.5. The topological polar surface area (TPSA) is 73.3 Å². The molecular formula is C13H11N3O3. The molecule has 0 saturated heterocycles. The molecule has 6 heteroatoms. The van der Waals surface area contributed by atoms with Gasteiger partial charge in [0.1, 0.15) is 6.33 Å². The number of nitrogens with zero attached hydrogens (tertiary/aromatic N) is 2. The van der Waals surface area contributed by atoms with Gasteiger partial charge in [-0.25, -0.2) is 9.97 Å². The molecular weight excluding hydrogens is 246 g/mol. The number of nitrogens with one attached hydrogen (secondary N) is 1. The molecule has 1 aromatic heterocycles. The van der Waals surface area contributed by atoms with E-state index in [1.807, 2.05) is 0 Å². The fourth-order valence-corrected chi connectivity index (χ4v) is 1.79. The van der Waals surface area contributed by atoms with Crippen molar-refractivity contribution in [2.75, 3.05) is 12.1 Å². The number of carbonyl (C=O) groups excluding carboxylic acids is 1. The predicted molar refractivity (Wildman–Crippen MR) is 67.3 cm³/mol. The minimum absolute atomic E-state index is 0.207. The molecule has 0 bridgehead atoms. The minimum atomic E-state index is -0.253. The van der Waals surface area contributed by atoms with Crippen molar-refractivity contribution in [1.29, 1.82) is 0 Å². The van der Waals surface area contributed by atoms with E-state index in [-0.39, 0.29) is 12.7 Å². The molecule has 2 aromatic rings. The van der Waals surface area contributed by atoms with E-state index in [0.717, 1.165) is 0 Å². The summed E-state index contributed by atoms with van der Waals surface area (Å²) in [5.41, 5.74) is 1.71. The Balaban J connectivity index is 1.82. The second-order valence-corrected chi connectivity index (χ2v) is 4.04. The molecule has 6 nitrogen and oxygen atoms in total. The van der Waals surface area contributed by atoms with Gasteiger partial charge in [-0.3, -0.25) is 4.79 Å². The van der Waals surface area contributed by atoms with Crippen LogP contribution in [0.1, 0.15) is 16.1 Å². The van der Waals surface area contributed by atoms with Crippen molar-refractivity contribution < 1.29 is 14.3 Å². The number of hydrogen-bond acceptors (Lipinski definition) is 5. The molecule has 0 unspecified atom stereocenters. The third kappa shape index (κ3) is 2.20. The number of anilines is 1. The van der Waals surface area contributed by atoms with E-state index in [4.69, 9.17) is 9.47 Å². The molecule has 0 spiro atoms. The van der Waals surface area contributed by atoms with Crippen molar-refractivity contribution in [3.8, 4) is 11.5 Å². The van der Waals surface area contributed by atoms with E-state index in [1.165, 1.54) is 12.5 Å². The van der Waals surface area contributed by atoms with Gasteiger partial charge in [0.15, 0.2) is 11.5 Å². The lowest BCUT2D eigenvalue weighted by atomic mass is 10.2. The fraction of sp³-hybridized carbons (Fsp3) is 0.154. The van der Waals surface area contributed by atoms with Gasteiger partial charge < -0.3 is 14.8 Å². The lowest BCUT2D eigenvalue weighted by Gasteiger charge is -2.07. The molecule has 19 heavy (non-hydrogen) atoms. The normalized spacial score (nSPS) is 12.3. The Bertz CT molecular complexity index is 643. The van der Waals surface area contributed by atoms with Gasteiger partial charge in [-0.2, -0.15) is 0 Å². The van der Waals surface area contributed by atoms with Crippen LogP contribution in [0.25, 0.3) is 0 Å². The summed E-state index contributed by atoms with van der Waals surface area (Å²) in [6, 6.07) is 5.23. The van der Waals surface area contributed by atoms with Crippen LogP contribution in [-0.2, 0) is 0 Å². The van der Waals surface area contributed by atoms with E-state index in [1.54, 1.807) is 25.1 Å².